The largest absolute Gasteiger partial charge is 0.371 e. The molecular formula is C14H21ClN2. The molecule has 94 valence electrons. The minimum Gasteiger partial charge on any atom is -0.371 e. The molecule has 1 aromatic carbocycles. The molecule has 2 nitrogen and oxygen atoms in total. The molecule has 2 unspecified atom stereocenters. The highest BCUT2D eigenvalue weighted by Crippen LogP contribution is 2.27. The SMILES string of the molecule is CCCC(N)C1CCN(c2ccc(Cl)cc2)C1. The summed E-state index contributed by atoms with van der Waals surface area (Å²) in [6.07, 6.45) is 3.53. The number of anilines is 1. The maximum absolute atomic E-state index is 6.21. The van der Waals surface area contributed by atoms with Crippen LogP contribution in [0.4, 0.5) is 5.69 Å². The predicted molar refractivity (Wildman–Crippen MR) is 74.7 cm³/mol. The fourth-order valence-electron chi connectivity index (χ4n) is 2.59. The molecule has 0 aliphatic carbocycles. The average molecular weight is 253 g/mol. The van der Waals surface area contributed by atoms with Crippen LogP contribution in [0.3, 0.4) is 0 Å². The molecule has 3 heteroatoms. The third-order valence-electron chi connectivity index (χ3n) is 3.64. The van der Waals surface area contributed by atoms with Crippen molar-refractivity contribution in [2.24, 2.45) is 11.7 Å². The third kappa shape index (κ3) is 3.14. The summed E-state index contributed by atoms with van der Waals surface area (Å²) >= 11 is 5.90. The van der Waals surface area contributed by atoms with Crippen molar-refractivity contribution in [1.82, 2.24) is 0 Å². The number of nitrogens with zero attached hydrogens (tertiary/aromatic N) is 1. The van der Waals surface area contributed by atoms with Crippen molar-refractivity contribution in [3.05, 3.63) is 29.3 Å². The van der Waals surface area contributed by atoms with Crippen LogP contribution in [-0.4, -0.2) is 19.1 Å². The quantitative estimate of drug-likeness (QED) is 0.891. The second-order valence-electron chi connectivity index (χ2n) is 4.92. The Balaban J connectivity index is 1.95. The van der Waals surface area contributed by atoms with Crippen LogP contribution >= 0.6 is 11.6 Å². The van der Waals surface area contributed by atoms with Crippen LogP contribution in [0.25, 0.3) is 0 Å². The van der Waals surface area contributed by atoms with Gasteiger partial charge in [-0.15, -0.1) is 0 Å². The van der Waals surface area contributed by atoms with Gasteiger partial charge in [0.2, 0.25) is 0 Å². The van der Waals surface area contributed by atoms with E-state index in [1.807, 2.05) is 12.1 Å². The van der Waals surface area contributed by atoms with Crippen LogP contribution in [0.15, 0.2) is 24.3 Å². The molecule has 17 heavy (non-hydrogen) atoms. The van der Waals surface area contributed by atoms with Crippen molar-refractivity contribution < 1.29 is 0 Å². The lowest BCUT2D eigenvalue weighted by Crippen LogP contribution is -2.32. The Kier molecular flexibility index (Phi) is 4.30. The zero-order valence-electron chi connectivity index (χ0n) is 10.4. The molecular weight excluding hydrogens is 232 g/mol. The molecule has 1 heterocycles. The maximum atomic E-state index is 6.21. The van der Waals surface area contributed by atoms with E-state index in [9.17, 15) is 0 Å². The minimum atomic E-state index is 0.359. The molecule has 0 spiro atoms. The summed E-state index contributed by atoms with van der Waals surface area (Å²) in [7, 11) is 0. The number of halogens is 1. The summed E-state index contributed by atoms with van der Waals surface area (Å²) in [6.45, 7) is 4.40. The standard InChI is InChI=1S/C14H21ClN2/c1-2-3-14(16)11-8-9-17(10-11)13-6-4-12(15)5-7-13/h4-7,11,14H,2-3,8-10,16H2,1H3. The highest BCUT2D eigenvalue weighted by atomic mass is 35.5. The van der Waals surface area contributed by atoms with Gasteiger partial charge in [0.1, 0.15) is 0 Å². The van der Waals surface area contributed by atoms with E-state index in [-0.39, 0.29) is 0 Å². The number of hydrogen-bond acceptors (Lipinski definition) is 2. The van der Waals surface area contributed by atoms with Crippen LogP contribution in [0.5, 0.6) is 0 Å². The van der Waals surface area contributed by atoms with E-state index in [4.69, 9.17) is 17.3 Å². The lowest BCUT2D eigenvalue weighted by atomic mass is 9.96. The van der Waals surface area contributed by atoms with Crippen LogP contribution in [0.1, 0.15) is 26.2 Å². The van der Waals surface area contributed by atoms with Gasteiger partial charge in [-0.1, -0.05) is 24.9 Å². The Bertz CT molecular complexity index is 350. The molecule has 0 bridgehead atoms. The topological polar surface area (TPSA) is 29.3 Å². The molecule has 1 aromatic rings. The van der Waals surface area contributed by atoms with Gasteiger partial charge >= 0.3 is 0 Å². The van der Waals surface area contributed by atoms with Gasteiger partial charge in [-0.25, -0.2) is 0 Å². The molecule has 0 aromatic heterocycles. The van der Waals surface area contributed by atoms with Crippen molar-refractivity contribution in [3.8, 4) is 0 Å². The van der Waals surface area contributed by atoms with Gasteiger partial charge in [0, 0.05) is 29.8 Å². The first-order chi connectivity index (χ1) is 8.20. The number of hydrogen-bond donors (Lipinski definition) is 1. The van der Waals surface area contributed by atoms with Gasteiger partial charge in [-0.2, -0.15) is 0 Å². The maximum Gasteiger partial charge on any atom is 0.0407 e. The van der Waals surface area contributed by atoms with Gasteiger partial charge in [-0.05, 0) is 43.0 Å². The van der Waals surface area contributed by atoms with Crippen LogP contribution < -0.4 is 10.6 Å². The Labute approximate surface area is 109 Å². The molecule has 2 rings (SSSR count). The van der Waals surface area contributed by atoms with Crippen molar-refractivity contribution in [2.75, 3.05) is 18.0 Å². The Morgan fingerprint density at radius 1 is 1.41 bits per heavy atom. The molecule has 1 saturated heterocycles. The highest BCUT2D eigenvalue weighted by molar-refractivity contribution is 6.30. The molecule has 1 aliphatic rings. The number of nitrogens with two attached hydrogens (primary N) is 1. The molecule has 1 fully saturated rings. The fourth-order valence-corrected chi connectivity index (χ4v) is 2.72. The van der Waals surface area contributed by atoms with E-state index in [0.717, 1.165) is 24.5 Å². The summed E-state index contributed by atoms with van der Waals surface area (Å²) in [5.41, 5.74) is 7.47. The average Bonchev–Trinajstić information content (AvgIpc) is 2.80. The first kappa shape index (κ1) is 12.7. The van der Waals surface area contributed by atoms with Crippen LogP contribution in [0.2, 0.25) is 5.02 Å². The summed E-state index contributed by atoms with van der Waals surface area (Å²) in [6, 6.07) is 8.45. The van der Waals surface area contributed by atoms with Crippen molar-refractivity contribution in [2.45, 2.75) is 32.2 Å². The van der Waals surface area contributed by atoms with E-state index in [1.54, 1.807) is 0 Å². The van der Waals surface area contributed by atoms with E-state index in [2.05, 4.69) is 24.0 Å². The third-order valence-corrected chi connectivity index (χ3v) is 3.90. The Morgan fingerprint density at radius 3 is 2.76 bits per heavy atom. The molecule has 1 aliphatic heterocycles. The number of rotatable bonds is 4. The smallest absolute Gasteiger partial charge is 0.0407 e. The lowest BCUT2D eigenvalue weighted by Gasteiger charge is -2.21. The van der Waals surface area contributed by atoms with Crippen LogP contribution in [0, 0.1) is 5.92 Å². The second-order valence-corrected chi connectivity index (χ2v) is 5.36. The summed E-state index contributed by atoms with van der Waals surface area (Å²) in [5, 5.41) is 0.798. The molecule has 2 atom stereocenters. The minimum absolute atomic E-state index is 0.359. The molecule has 0 saturated carbocycles. The van der Waals surface area contributed by atoms with E-state index < -0.39 is 0 Å². The predicted octanol–water partition coefficient (Wildman–Crippen LogP) is 3.29. The number of benzene rings is 1. The zero-order chi connectivity index (χ0) is 12.3. The normalized spacial score (nSPS) is 21.8. The highest BCUT2D eigenvalue weighted by Gasteiger charge is 2.26. The van der Waals surface area contributed by atoms with E-state index >= 15 is 0 Å². The van der Waals surface area contributed by atoms with Crippen molar-refractivity contribution >= 4 is 17.3 Å². The molecule has 2 N–H and O–H groups in total. The fraction of sp³-hybridized carbons (Fsp3) is 0.571. The Morgan fingerprint density at radius 2 is 2.12 bits per heavy atom. The monoisotopic (exact) mass is 252 g/mol. The van der Waals surface area contributed by atoms with Gasteiger partial charge in [0.15, 0.2) is 0 Å². The zero-order valence-corrected chi connectivity index (χ0v) is 11.2. The second kappa shape index (κ2) is 5.74. The molecule has 0 amide bonds. The first-order valence-electron chi connectivity index (χ1n) is 6.46. The summed E-state index contributed by atoms with van der Waals surface area (Å²) in [5.74, 6) is 0.644. The summed E-state index contributed by atoms with van der Waals surface area (Å²) in [4.78, 5) is 2.41. The Hall–Kier alpha value is -0.730. The lowest BCUT2D eigenvalue weighted by molar-refractivity contribution is 0.430. The van der Waals surface area contributed by atoms with Crippen molar-refractivity contribution in [3.63, 3.8) is 0 Å². The van der Waals surface area contributed by atoms with Gasteiger partial charge in [0.05, 0.1) is 0 Å². The van der Waals surface area contributed by atoms with E-state index in [1.165, 1.54) is 18.5 Å². The van der Waals surface area contributed by atoms with Gasteiger partial charge < -0.3 is 10.6 Å². The first-order valence-corrected chi connectivity index (χ1v) is 6.84. The van der Waals surface area contributed by atoms with Crippen LogP contribution in [-0.2, 0) is 0 Å². The van der Waals surface area contributed by atoms with E-state index in [0.29, 0.717) is 12.0 Å². The van der Waals surface area contributed by atoms with Gasteiger partial charge in [0.25, 0.3) is 0 Å². The van der Waals surface area contributed by atoms with Crippen molar-refractivity contribution in [1.29, 1.82) is 0 Å². The molecule has 0 radical (unpaired) electrons. The summed E-state index contributed by atoms with van der Waals surface area (Å²) < 4.78 is 0. The van der Waals surface area contributed by atoms with Gasteiger partial charge in [-0.3, -0.25) is 0 Å².